The molecule has 4 heteroatoms. The number of thiophene rings is 1. The fourth-order valence-corrected chi connectivity index (χ4v) is 2.89. The standard InChI is InChI=1S/C14H24N2OS/c1-13(2)17-9-8-15-4-6-16(7-5-15)11-14-3-10-18-12-14/h3,10,12-13H,4-9,11H2,1-2H3. The van der Waals surface area contributed by atoms with Crippen LogP contribution < -0.4 is 0 Å². The topological polar surface area (TPSA) is 15.7 Å². The zero-order valence-electron chi connectivity index (χ0n) is 11.5. The van der Waals surface area contributed by atoms with Crippen molar-refractivity contribution < 1.29 is 4.74 Å². The van der Waals surface area contributed by atoms with E-state index in [1.807, 2.05) is 0 Å². The molecule has 0 amide bonds. The van der Waals surface area contributed by atoms with Gasteiger partial charge >= 0.3 is 0 Å². The normalized spacial score (nSPS) is 18.6. The molecule has 1 fully saturated rings. The third-order valence-electron chi connectivity index (χ3n) is 3.31. The summed E-state index contributed by atoms with van der Waals surface area (Å²) in [6.45, 7) is 11.9. The van der Waals surface area contributed by atoms with Crippen molar-refractivity contribution in [3.63, 3.8) is 0 Å². The molecule has 0 aromatic carbocycles. The number of hydrogen-bond donors (Lipinski definition) is 0. The number of piperazine rings is 1. The summed E-state index contributed by atoms with van der Waals surface area (Å²) in [5.74, 6) is 0. The van der Waals surface area contributed by atoms with Crippen LogP contribution in [0.3, 0.4) is 0 Å². The maximum absolute atomic E-state index is 5.60. The minimum Gasteiger partial charge on any atom is -0.377 e. The van der Waals surface area contributed by atoms with E-state index in [0.29, 0.717) is 6.10 Å². The van der Waals surface area contributed by atoms with Gasteiger partial charge in [-0.05, 0) is 36.2 Å². The zero-order valence-corrected chi connectivity index (χ0v) is 12.3. The van der Waals surface area contributed by atoms with Crippen LogP contribution in [0, 0.1) is 0 Å². The van der Waals surface area contributed by atoms with E-state index < -0.39 is 0 Å². The highest BCUT2D eigenvalue weighted by atomic mass is 32.1. The van der Waals surface area contributed by atoms with Crippen molar-refractivity contribution in [3.8, 4) is 0 Å². The molecule has 2 heterocycles. The van der Waals surface area contributed by atoms with Gasteiger partial charge in [-0.2, -0.15) is 11.3 Å². The van der Waals surface area contributed by atoms with Crippen LogP contribution in [0.2, 0.25) is 0 Å². The molecule has 0 bridgehead atoms. The van der Waals surface area contributed by atoms with Crippen molar-refractivity contribution in [3.05, 3.63) is 22.4 Å². The van der Waals surface area contributed by atoms with Crippen LogP contribution in [0.5, 0.6) is 0 Å². The molecule has 102 valence electrons. The first kappa shape index (κ1) is 14.0. The first-order valence-corrected chi connectivity index (χ1v) is 7.75. The highest BCUT2D eigenvalue weighted by molar-refractivity contribution is 7.07. The Balaban J connectivity index is 1.62. The van der Waals surface area contributed by atoms with Gasteiger partial charge in [0.15, 0.2) is 0 Å². The molecule has 0 aliphatic carbocycles. The quantitative estimate of drug-likeness (QED) is 0.787. The molecule has 0 unspecified atom stereocenters. The Bertz CT molecular complexity index is 319. The SMILES string of the molecule is CC(C)OCCN1CCN(Cc2ccsc2)CC1. The van der Waals surface area contributed by atoms with Gasteiger partial charge in [-0.1, -0.05) is 0 Å². The van der Waals surface area contributed by atoms with Crippen molar-refractivity contribution >= 4 is 11.3 Å². The maximum atomic E-state index is 5.60. The molecular weight excluding hydrogens is 244 g/mol. The van der Waals surface area contributed by atoms with Gasteiger partial charge in [-0.25, -0.2) is 0 Å². The van der Waals surface area contributed by atoms with Crippen molar-refractivity contribution in [2.24, 2.45) is 0 Å². The first-order valence-electron chi connectivity index (χ1n) is 6.81. The third kappa shape index (κ3) is 4.69. The molecule has 1 aliphatic heterocycles. The molecule has 0 atom stereocenters. The third-order valence-corrected chi connectivity index (χ3v) is 4.04. The summed E-state index contributed by atoms with van der Waals surface area (Å²) in [6, 6.07) is 2.23. The van der Waals surface area contributed by atoms with Crippen molar-refractivity contribution in [2.45, 2.75) is 26.5 Å². The smallest absolute Gasteiger partial charge is 0.0596 e. The lowest BCUT2D eigenvalue weighted by Crippen LogP contribution is -2.46. The van der Waals surface area contributed by atoms with Gasteiger partial charge in [0.2, 0.25) is 0 Å². The monoisotopic (exact) mass is 268 g/mol. The predicted octanol–water partition coefficient (Wildman–Crippen LogP) is 2.29. The first-order chi connectivity index (χ1) is 8.74. The second kappa shape index (κ2) is 7.24. The van der Waals surface area contributed by atoms with Gasteiger partial charge in [0.1, 0.15) is 0 Å². The Kier molecular flexibility index (Phi) is 5.63. The minimum atomic E-state index is 0.352. The Morgan fingerprint density at radius 3 is 2.56 bits per heavy atom. The van der Waals surface area contributed by atoms with Gasteiger partial charge in [-0.15, -0.1) is 0 Å². The Labute approximate surface area is 114 Å². The van der Waals surface area contributed by atoms with E-state index in [9.17, 15) is 0 Å². The number of ether oxygens (including phenoxy) is 1. The molecule has 1 saturated heterocycles. The predicted molar refractivity (Wildman–Crippen MR) is 77.1 cm³/mol. The van der Waals surface area contributed by atoms with Crippen LogP contribution in [0.25, 0.3) is 0 Å². The second-order valence-electron chi connectivity index (χ2n) is 5.17. The lowest BCUT2D eigenvalue weighted by Gasteiger charge is -2.34. The molecule has 1 aromatic heterocycles. The minimum absolute atomic E-state index is 0.352. The summed E-state index contributed by atoms with van der Waals surface area (Å²) < 4.78 is 5.60. The van der Waals surface area contributed by atoms with Gasteiger partial charge in [0.25, 0.3) is 0 Å². The average Bonchev–Trinajstić information content (AvgIpc) is 2.84. The van der Waals surface area contributed by atoms with Crippen molar-refractivity contribution in [2.75, 3.05) is 39.3 Å². The summed E-state index contributed by atoms with van der Waals surface area (Å²) in [4.78, 5) is 5.05. The van der Waals surface area contributed by atoms with Crippen LogP contribution in [0.4, 0.5) is 0 Å². The maximum Gasteiger partial charge on any atom is 0.0596 e. The van der Waals surface area contributed by atoms with Crippen LogP contribution in [0.15, 0.2) is 16.8 Å². The molecule has 3 nitrogen and oxygen atoms in total. The highest BCUT2D eigenvalue weighted by Gasteiger charge is 2.16. The van der Waals surface area contributed by atoms with Crippen LogP contribution in [0.1, 0.15) is 19.4 Å². The second-order valence-corrected chi connectivity index (χ2v) is 5.95. The van der Waals surface area contributed by atoms with Crippen LogP contribution in [-0.2, 0) is 11.3 Å². The van der Waals surface area contributed by atoms with Gasteiger partial charge in [0.05, 0.1) is 12.7 Å². The van der Waals surface area contributed by atoms with Crippen LogP contribution in [-0.4, -0.2) is 55.2 Å². The fourth-order valence-electron chi connectivity index (χ4n) is 2.23. The molecule has 2 rings (SSSR count). The average molecular weight is 268 g/mol. The van der Waals surface area contributed by atoms with Crippen molar-refractivity contribution in [1.29, 1.82) is 0 Å². The zero-order chi connectivity index (χ0) is 12.8. The Morgan fingerprint density at radius 1 is 1.22 bits per heavy atom. The number of hydrogen-bond acceptors (Lipinski definition) is 4. The highest BCUT2D eigenvalue weighted by Crippen LogP contribution is 2.11. The van der Waals surface area contributed by atoms with Gasteiger partial charge in [-0.3, -0.25) is 9.80 Å². The number of nitrogens with zero attached hydrogens (tertiary/aromatic N) is 2. The molecule has 0 N–H and O–H groups in total. The molecular formula is C14H24N2OS. The fraction of sp³-hybridized carbons (Fsp3) is 0.714. The van der Waals surface area contributed by atoms with E-state index in [1.54, 1.807) is 11.3 Å². The van der Waals surface area contributed by atoms with E-state index in [1.165, 1.54) is 31.7 Å². The largest absolute Gasteiger partial charge is 0.377 e. The van der Waals surface area contributed by atoms with Crippen molar-refractivity contribution in [1.82, 2.24) is 9.80 Å². The van der Waals surface area contributed by atoms with E-state index in [0.717, 1.165) is 19.7 Å². The summed E-state index contributed by atoms with van der Waals surface area (Å²) in [5, 5.41) is 4.41. The Morgan fingerprint density at radius 2 is 1.94 bits per heavy atom. The van der Waals surface area contributed by atoms with E-state index in [4.69, 9.17) is 4.74 Å². The summed E-state index contributed by atoms with van der Waals surface area (Å²) in [7, 11) is 0. The van der Waals surface area contributed by atoms with Gasteiger partial charge < -0.3 is 4.74 Å². The summed E-state index contributed by atoms with van der Waals surface area (Å²) >= 11 is 1.79. The molecule has 0 saturated carbocycles. The van der Waals surface area contributed by atoms with Crippen LogP contribution >= 0.6 is 11.3 Å². The lowest BCUT2D eigenvalue weighted by molar-refractivity contribution is 0.0438. The molecule has 1 aliphatic rings. The molecule has 0 radical (unpaired) electrons. The summed E-state index contributed by atoms with van der Waals surface area (Å²) in [6.07, 6.45) is 0.352. The molecule has 1 aromatic rings. The molecule has 18 heavy (non-hydrogen) atoms. The Hall–Kier alpha value is -0.420. The van der Waals surface area contributed by atoms with Gasteiger partial charge in [0, 0.05) is 39.3 Å². The number of rotatable bonds is 6. The lowest BCUT2D eigenvalue weighted by atomic mass is 10.2. The van der Waals surface area contributed by atoms with E-state index in [2.05, 4.69) is 40.5 Å². The summed E-state index contributed by atoms with van der Waals surface area (Å²) in [5.41, 5.74) is 1.46. The van der Waals surface area contributed by atoms with E-state index in [-0.39, 0.29) is 0 Å². The van der Waals surface area contributed by atoms with E-state index >= 15 is 0 Å². The molecule has 0 spiro atoms.